The molecule has 1 rings (SSSR count). The minimum atomic E-state index is -1.09. The molecule has 18 heavy (non-hydrogen) atoms. The molecule has 0 saturated heterocycles. The van der Waals surface area contributed by atoms with Gasteiger partial charge in [0.05, 0.1) is 12.0 Å². The molecule has 0 aliphatic heterocycles. The third kappa shape index (κ3) is 3.56. The molecule has 1 atom stereocenters. The van der Waals surface area contributed by atoms with Crippen LogP contribution in [0.1, 0.15) is 30.9 Å². The van der Waals surface area contributed by atoms with Crippen LogP contribution in [0.2, 0.25) is 0 Å². The van der Waals surface area contributed by atoms with E-state index in [-0.39, 0.29) is 0 Å². The maximum Gasteiger partial charge on any atom is 0.127 e. The second-order valence-corrected chi connectivity index (χ2v) is 6.07. The Labute approximate surface area is 113 Å². The van der Waals surface area contributed by atoms with Crippen LogP contribution >= 0.6 is 0 Å². The van der Waals surface area contributed by atoms with Gasteiger partial charge in [-0.2, -0.15) is 0 Å². The molecule has 0 radical (unpaired) electrons. The van der Waals surface area contributed by atoms with Crippen LogP contribution in [0.5, 0.6) is 5.75 Å². The molecule has 0 fully saturated rings. The van der Waals surface area contributed by atoms with Crippen molar-refractivity contribution in [2.24, 2.45) is 0 Å². The maximum atomic E-state index is 12.5. The molecule has 0 aromatic heterocycles. The number of ether oxygens (including phenoxy) is 1. The fraction of sp³-hybridized carbons (Fsp3) is 0.571. The molecular weight excluding hydrogens is 246 g/mol. The lowest BCUT2D eigenvalue weighted by Crippen LogP contribution is -2.23. The van der Waals surface area contributed by atoms with Crippen molar-refractivity contribution in [3.05, 3.63) is 23.3 Å². The Balaban J connectivity index is 2.98. The summed E-state index contributed by atoms with van der Waals surface area (Å²) in [5, 5.41) is 0. The predicted octanol–water partition coefficient (Wildman–Crippen LogP) is 3.07. The number of nitrogens with zero attached hydrogens (tertiary/aromatic N) is 1. The van der Waals surface area contributed by atoms with Crippen LogP contribution in [0.15, 0.2) is 17.0 Å². The Morgan fingerprint density at radius 3 is 2.28 bits per heavy atom. The Hall–Kier alpha value is -0.870. The molecule has 1 aromatic rings. The molecule has 0 aliphatic rings. The van der Waals surface area contributed by atoms with Gasteiger partial charge < -0.3 is 4.74 Å². The standard InChI is InChI=1S/C14H23NO2S/c1-6-7-8-15(4)18(16)14-11(2)9-13(17-5)10-12(14)3/h9-10H,6-8H2,1-5H3. The van der Waals surface area contributed by atoms with Gasteiger partial charge in [0.15, 0.2) is 0 Å². The van der Waals surface area contributed by atoms with E-state index < -0.39 is 11.0 Å². The third-order valence-electron chi connectivity index (χ3n) is 2.95. The van der Waals surface area contributed by atoms with Crippen molar-refractivity contribution in [2.45, 2.75) is 38.5 Å². The third-order valence-corrected chi connectivity index (χ3v) is 4.70. The second-order valence-electron chi connectivity index (χ2n) is 4.54. The van der Waals surface area contributed by atoms with Crippen molar-refractivity contribution in [1.29, 1.82) is 0 Å². The molecule has 0 amide bonds. The number of hydrogen-bond donors (Lipinski definition) is 0. The number of benzene rings is 1. The van der Waals surface area contributed by atoms with E-state index in [2.05, 4.69) is 6.92 Å². The van der Waals surface area contributed by atoms with Gasteiger partial charge in [-0.1, -0.05) is 13.3 Å². The Morgan fingerprint density at radius 1 is 1.28 bits per heavy atom. The Morgan fingerprint density at radius 2 is 1.83 bits per heavy atom. The summed E-state index contributed by atoms with van der Waals surface area (Å²) in [6, 6.07) is 3.88. The van der Waals surface area contributed by atoms with Gasteiger partial charge >= 0.3 is 0 Å². The molecule has 0 saturated carbocycles. The average Bonchev–Trinajstić information content (AvgIpc) is 2.34. The van der Waals surface area contributed by atoms with Crippen molar-refractivity contribution < 1.29 is 8.95 Å². The number of methoxy groups -OCH3 is 1. The van der Waals surface area contributed by atoms with E-state index in [9.17, 15) is 4.21 Å². The summed E-state index contributed by atoms with van der Waals surface area (Å²) < 4.78 is 19.6. The second kappa shape index (κ2) is 6.90. The maximum absolute atomic E-state index is 12.5. The molecule has 0 bridgehead atoms. The van der Waals surface area contributed by atoms with Gasteiger partial charge in [0, 0.05) is 13.6 Å². The summed E-state index contributed by atoms with van der Waals surface area (Å²) in [5.41, 5.74) is 2.04. The van der Waals surface area contributed by atoms with Crippen LogP contribution in [-0.2, 0) is 11.0 Å². The summed E-state index contributed by atoms with van der Waals surface area (Å²) in [7, 11) is 2.48. The lowest BCUT2D eigenvalue weighted by atomic mass is 10.1. The molecule has 1 unspecified atom stereocenters. The Kier molecular flexibility index (Phi) is 5.82. The van der Waals surface area contributed by atoms with Gasteiger partial charge in [-0.15, -0.1) is 0 Å². The highest BCUT2D eigenvalue weighted by Gasteiger charge is 2.16. The number of unbranched alkanes of at least 4 members (excludes halogenated alkanes) is 1. The van der Waals surface area contributed by atoms with Crippen LogP contribution in [0, 0.1) is 13.8 Å². The van der Waals surface area contributed by atoms with Crippen LogP contribution in [0.3, 0.4) is 0 Å². The fourth-order valence-corrected chi connectivity index (χ4v) is 3.20. The number of hydrogen-bond acceptors (Lipinski definition) is 2. The van der Waals surface area contributed by atoms with Crippen LogP contribution in [-0.4, -0.2) is 29.2 Å². The molecular formula is C14H23NO2S. The van der Waals surface area contributed by atoms with E-state index >= 15 is 0 Å². The zero-order chi connectivity index (χ0) is 13.7. The zero-order valence-electron chi connectivity index (χ0n) is 11.9. The van der Waals surface area contributed by atoms with E-state index in [1.165, 1.54) is 0 Å². The minimum Gasteiger partial charge on any atom is -0.497 e. The topological polar surface area (TPSA) is 29.5 Å². The molecule has 0 aliphatic carbocycles. The quantitative estimate of drug-likeness (QED) is 0.794. The first-order chi connectivity index (χ1) is 8.51. The van der Waals surface area contributed by atoms with E-state index in [0.29, 0.717) is 0 Å². The largest absolute Gasteiger partial charge is 0.497 e. The molecule has 0 spiro atoms. The number of rotatable bonds is 6. The highest BCUT2D eigenvalue weighted by Crippen LogP contribution is 2.25. The van der Waals surface area contributed by atoms with Crippen molar-refractivity contribution in [3.63, 3.8) is 0 Å². The van der Waals surface area contributed by atoms with Gasteiger partial charge in [-0.25, -0.2) is 8.51 Å². The zero-order valence-corrected chi connectivity index (χ0v) is 12.8. The monoisotopic (exact) mass is 269 g/mol. The summed E-state index contributed by atoms with van der Waals surface area (Å²) in [5.74, 6) is 0.821. The molecule has 1 aromatic carbocycles. The van der Waals surface area contributed by atoms with Gasteiger partial charge in [-0.05, 0) is 43.5 Å². The highest BCUT2D eigenvalue weighted by molar-refractivity contribution is 7.82. The van der Waals surface area contributed by atoms with Crippen molar-refractivity contribution in [1.82, 2.24) is 4.31 Å². The van der Waals surface area contributed by atoms with E-state index in [1.54, 1.807) is 7.11 Å². The van der Waals surface area contributed by atoms with Crippen molar-refractivity contribution >= 4 is 11.0 Å². The lowest BCUT2D eigenvalue weighted by molar-refractivity contribution is 0.413. The van der Waals surface area contributed by atoms with Crippen LogP contribution < -0.4 is 4.74 Å². The molecule has 4 heteroatoms. The summed E-state index contributed by atoms with van der Waals surface area (Å²) >= 11 is 0. The summed E-state index contributed by atoms with van der Waals surface area (Å²) in [6.07, 6.45) is 2.18. The molecule has 0 heterocycles. The minimum absolute atomic E-state index is 0.821. The molecule has 102 valence electrons. The first kappa shape index (κ1) is 15.2. The fourth-order valence-electron chi connectivity index (χ4n) is 1.92. The van der Waals surface area contributed by atoms with Gasteiger partial charge in [-0.3, -0.25) is 0 Å². The lowest BCUT2D eigenvalue weighted by Gasteiger charge is -2.19. The van der Waals surface area contributed by atoms with Gasteiger partial charge in [0.1, 0.15) is 16.7 Å². The van der Waals surface area contributed by atoms with Gasteiger partial charge in [0.25, 0.3) is 0 Å². The average molecular weight is 269 g/mol. The Bertz CT molecular complexity index is 409. The van der Waals surface area contributed by atoms with E-state index in [1.807, 2.05) is 37.3 Å². The number of aryl methyl sites for hydroxylation is 2. The van der Waals surface area contributed by atoms with Crippen molar-refractivity contribution in [2.75, 3.05) is 20.7 Å². The molecule has 0 N–H and O–H groups in total. The van der Waals surface area contributed by atoms with Crippen molar-refractivity contribution in [3.8, 4) is 5.75 Å². The van der Waals surface area contributed by atoms with Crippen LogP contribution in [0.25, 0.3) is 0 Å². The molecule has 3 nitrogen and oxygen atoms in total. The predicted molar refractivity (Wildman–Crippen MR) is 76.4 cm³/mol. The van der Waals surface area contributed by atoms with Crippen LogP contribution in [0.4, 0.5) is 0 Å². The first-order valence-corrected chi connectivity index (χ1v) is 7.40. The normalized spacial score (nSPS) is 12.8. The van der Waals surface area contributed by atoms with E-state index in [0.717, 1.165) is 41.2 Å². The van der Waals surface area contributed by atoms with E-state index in [4.69, 9.17) is 4.74 Å². The van der Waals surface area contributed by atoms with Gasteiger partial charge in [0.2, 0.25) is 0 Å². The highest BCUT2D eigenvalue weighted by atomic mass is 32.2. The summed E-state index contributed by atoms with van der Waals surface area (Å²) in [4.78, 5) is 0.911. The first-order valence-electron chi connectivity index (χ1n) is 6.29. The summed E-state index contributed by atoms with van der Waals surface area (Å²) in [6.45, 7) is 6.96. The smallest absolute Gasteiger partial charge is 0.127 e. The SMILES string of the molecule is CCCCN(C)S(=O)c1c(C)cc(OC)cc1C.